The highest BCUT2D eigenvalue weighted by atomic mass is 16.5. The topological polar surface area (TPSA) is 189 Å². The average Bonchev–Trinajstić information content (AvgIpc) is 2.88. The van der Waals surface area contributed by atoms with E-state index in [4.69, 9.17) is 20.9 Å². The zero-order valence-electron chi connectivity index (χ0n) is 21.6. The molecule has 0 radical (unpaired) electrons. The monoisotopic (exact) mass is 524 g/mol. The van der Waals surface area contributed by atoms with Crippen molar-refractivity contribution in [1.29, 1.82) is 0 Å². The lowest BCUT2D eigenvalue weighted by atomic mass is 10.1. The van der Waals surface area contributed by atoms with E-state index in [1.165, 1.54) is 0 Å². The summed E-state index contributed by atoms with van der Waals surface area (Å²) in [7, 11) is 1.87. The number of nitrogens with zero attached hydrogens (tertiary/aromatic N) is 5. The molecule has 13 heteroatoms. The lowest BCUT2D eigenvalue weighted by molar-refractivity contribution is -0.147. The predicted molar refractivity (Wildman–Crippen MR) is 141 cm³/mol. The third kappa shape index (κ3) is 7.48. The smallest absolute Gasteiger partial charge is 0.328 e. The molecule has 1 unspecified atom stereocenters. The Morgan fingerprint density at radius 1 is 1.03 bits per heavy atom. The standard InChI is InChI=1S/C25H32N8O5/c1-4-37-19(34)8-6-7-18(24(36)38-5-2)30-23(35)15-9-11-17(12-10-15)33(3)14-16-13-28-22-20(29-16)21(26)31-25(27)32-22/h9-13,18H,4-8,14H2,1-3H3,(H,30,35)(H4,26,27,28,31,32). The van der Waals surface area contributed by atoms with Gasteiger partial charge in [0.25, 0.3) is 5.91 Å². The fraction of sp³-hybridized carbons (Fsp3) is 0.400. The highest BCUT2D eigenvalue weighted by molar-refractivity contribution is 5.97. The van der Waals surface area contributed by atoms with Crippen LogP contribution in [0, 0.1) is 0 Å². The Kier molecular flexibility index (Phi) is 9.68. The number of esters is 2. The van der Waals surface area contributed by atoms with Crippen LogP contribution in [0.5, 0.6) is 0 Å². The summed E-state index contributed by atoms with van der Waals surface area (Å²) in [6.45, 7) is 4.29. The Hall–Kier alpha value is -4.55. The first-order valence-corrected chi connectivity index (χ1v) is 12.2. The third-order valence-electron chi connectivity index (χ3n) is 5.53. The van der Waals surface area contributed by atoms with Gasteiger partial charge in [-0.2, -0.15) is 9.97 Å². The van der Waals surface area contributed by atoms with E-state index >= 15 is 0 Å². The summed E-state index contributed by atoms with van der Waals surface area (Å²) in [6, 6.07) is 5.99. The lowest BCUT2D eigenvalue weighted by Gasteiger charge is -2.20. The summed E-state index contributed by atoms with van der Waals surface area (Å²) in [5, 5.41) is 2.71. The number of carbonyl (C=O) groups excluding carboxylic acids is 3. The van der Waals surface area contributed by atoms with Crippen molar-refractivity contribution in [3.63, 3.8) is 0 Å². The van der Waals surface area contributed by atoms with Crippen LogP contribution < -0.4 is 21.7 Å². The van der Waals surface area contributed by atoms with Gasteiger partial charge in [-0.25, -0.2) is 14.8 Å². The van der Waals surface area contributed by atoms with Crippen molar-refractivity contribution in [2.45, 2.75) is 45.7 Å². The first-order valence-electron chi connectivity index (χ1n) is 12.2. The number of nitrogen functional groups attached to an aromatic ring is 2. The number of ether oxygens (including phenoxy) is 2. The SMILES string of the molecule is CCOC(=O)CCCC(NC(=O)c1ccc(N(C)Cc2cnc3nc(N)nc(N)c3n2)cc1)C(=O)OCC. The number of anilines is 3. The van der Waals surface area contributed by atoms with Gasteiger partial charge in [0, 0.05) is 24.7 Å². The summed E-state index contributed by atoms with van der Waals surface area (Å²) in [5.41, 5.74) is 14.0. The van der Waals surface area contributed by atoms with Crippen molar-refractivity contribution in [3.05, 3.63) is 41.7 Å². The molecule has 1 atom stereocenters. The molecule has 5 N–H and O–H groups in total. The Morgan fingerprint density at radius 2 is 1.74 bits per heavy atom. The largest absolute Gasteiger partial charge is 0.466 e. The Morgan fingerprint density at radius 3 is 2.42 bits per heavy atom. The molecule has 0 spiro atoms. The molecule has 2 heterocycles. The number of hydrogen-bond donors (Lipinski definition) is 3. The number of hydrogen-bond acceptors (Lipinski definition) is 12. The third-order valence-corrected chi connectivity index (χ3v) is 5.53. The molecular weight excluding hydrogens is 492 g/mol. The quantitative estimate of drug-likeness (QED) is 0.291. The maximum Gasteiger partial charge on any atom is 0.328 e. The number of fused-ring (bicyclic) bond motifs is 1. The molecule has 2 aromatic heterocycles. The van der Waals surface area contributed by atoms with Gasteiger partial charge >= 0.3 is 11.9 Å². The van der Waals surface area contributed by atoms with Crippen molar-refractivity contribution in [1.82, 2.24) is 25.3 Å². The Labute approximate surface area is 219 Å². The normalized spacial score (nSPS) is 11.6. The van der Waals surface area contributed by atoms with E-state index < -0.39 is 17.9 Å². The van der Waals surface area contributed by atoms with Gasteiger partial charge in [0.2, 0.25) is 5.95 Å². The maximum absolute atomic E-state index is 12.8. The minimum Gasteiger partial charge on any atom is -0.466 e. The van der Waals surface area contributed by atoms with Crippen molar-refractivity contribution >= 4 is 46.5 Å². The minimum absolute atomic E-state index is 0.0311. The van der Waals surface area contributed by atoms with Crippen molar-refractivity contribution in [2.75, 3.05) is 36.6 Å². The van der Waals surface area contributed by atoms with E-state index in [1.54, 1.807) is 44.3 Å². The zero-order valence-corrected chi connectivity index (χ0v) is 21.6. The van der Waals surface area contributed by atoms with Gasteiger partial charge in [-0.1, -0.05) is 0 Å². The van der Waals surface area contributed by atoms with E-state index in [2.05, 4.69) is 25.3 Å². The Bertz CT molecular complexity index is 1280. The molecule has 0 saturated carbocycles. The van der Waals surface area contributed by atoms with E-state index in [0.717, 1.165) is 5.69 Å². The molecular formula is C25H32N8O5. The zero-order chi connectivity index (χ0) is 27.7. The van der Waals surface area contributed by atoms with Crippen LogP contribution in [0.1, 0.15) is 49.2 Å². The number of benzene rings is 1. The number of aromatic nitrogens is 4. The number of carbonyl (C=O) groups is 3. The molecule has 13 nitrogen and oxygen atoms in total. The second kappa shape index (κ2) is 13.1. The lowest BCUT2D eigenvalue weighted by Crippen LogP contribution is -2.42. The van der Waals surface area contributed by atoms with Crippen molar-refractivity contribution in [3.8, 4) is 0 Å². The fourth-order valence-corrected chi connectivity index (χ4v) is 3.68. The van der Waals surface area contributed by atoms with Gasteiger partial charge in [-0.3, -0.25) is 9.59 Å². The molecule has 202 valence electrons. The summed E-state index contributed by atoms with van der Waals surface area (Å²) < 4.78 is 9.99. The molecule has 0 aliphatic rings. The number of rotatable bonds is 12. The van der Waals surface area contributed by atoms with Gasteiger partial charge < -0.3 is 31.2 Å². The van der Waals surface area contributed by atoms with E-state index in [1.807, 2.05) is 11.9 Å². The van der Waals surface area contributed by atoms with Crippen molar-refractivity contribution in [2.24, 2.45) is 0 Å². The molecule has 1 aromatic carbocycles. The predicted octanol–water partition coefficient (Wildman–Crippen LogP) is 1.62. The first-order chi connectivity index (χ1) is 18.2. The van der Waals surface area contributed by atoms with Crippen LogP contribution in [-0.4, -0.2) is 64.1 Å². The molecule has 38 heavy (non-hydrogen) atoms. The van der Waals surface area contributed by atoms with Crippen LogP contribution in [0.25, 0.3) is 11.2 Å². The summed E-state index contributed by atoms with van der Waals surface area (Å²) in [5.74, 6) is -1.14. The molecule has 0 aliphatic heterocycles. The maximum atomic E-state index is 12.8. The molecule has 3 aromatic rings. The van der Waals surface area contributed by atoms with Gasteiger partial charge in [-0.05, 0) is 51.0 Å². The van der Waals surface area contributed by atoms with Gasteiger partial charge in [0.05, 0.1) is 31.6 Å². The minimum atomic E-state index is -0.877. The second-order valence-corrected chi connectivity index (χ2v) is 8.38. The highest BCUT2D eigenvalue weighted by Gasteiger charge is 2.23. The Balaban J connectivity index is 1.63. The first kappa shape index (κ1) is 28.0. The van der Waals surface area contributed by atoms with Crippen LogP contribution in [0.15, 0.2) is 30.5 Å². The number of nitrogens with one attached hydrogen (secondary N) is 1. The van der Waals surface area contributed by atoms with Crippen LogP contribution in [0.4, 0.5) is 17.5 Å². The summed E-state index contributed by atoms with van der Waals surface area (Å²) in [4.78, 5) is 55.4. The van der Waals surface area contributed by atoms with Crippen LogP contribution in [-0.2, 0) is 25.6 Å². The molecule has 3 rings (SSSR count). The molecule has 1 amide bonds. The van der Waals surface area contributed by atoms with Gasteiger partial charge in [0.1, 0.15) is 6.04 Å². The van der Waals surface area contributed by atoms with Crippen LogP contribution >= 0.6 is 0 Å². The second-order valence-electron chi connectivity index (χ2n) is 8.38. The fourth-order valence-electron chi connectivity index (χ4n) is 3.68. The molecule has 0 fully saturated rings. The molecule has 0 saturated heterocycles. The summed E-state index contributed by atoms with van der Waals surface area (Å²) in [6.07, 6.45) is 2.36. The van der Waals surface area contributed by atoms with Gasteiger partial charge in [-0.15, -0.1) is 0 Å². The van der Waals surface area contributed by atoms with E-state index in [0.29, 0.717) is 35.4 Å². The highest BCUT2D eigenvalue weighted by Crippen LogP contribution is 2.19. The van der Waals surface area contributed by atoms with E-state index in [-0.39, 0.29) is 43.8 Å². The average molecular weight is 525 g/mol. The molecule has 0 aliphatic carbocycles. The number of amides is 1. The number of nitrogens with two attached hydrogens (primary N) is 2. The van der Waals surface area contributed by atoms with E-state index in [9.17, 15) is 14.4 Å². The summed E-state index contributed by atoms with van der Waals surface area (Å²) >= 11 is 0. The van der Waals surface area contributed by atoms with Gasteiger partial charge in [0.15, 0.2) is 17.0 Å². The van der Waals surface area contributed by atoms with Crippen LogP contribution in [0.3, 0.4) is 0 Å². The van der Waals surface area contributed by atoms with Crippen LogP contribution in [0.2, 0.25) is 0 Å². The molecule has 0 bridgehead atoms. The van der Waals surface area contributed by atoms with Crippen molar-refractivity contribution < 1.29 is 23.9 Å².